The molecule has 0 N–H and O–H groups in total. The van der Waals surface area contributed by atoms with Crippen LogP contribution in [0.2, 0.25) is 0 Å². The zero-order valence-electron chi connectivity index (χ0n) is 27.4. The third-order valence-electron chi connectivity index (χ3n) is 15.3. The minimum atomic E-state index is -0.0604. The quantitative estimate of drug-likeness (QED) is 0.398. The molecule has 238 valence electrons. The third kappa shape index (κ3) is 2.85. The molecule has 1 amide bonds. The fourth-order valence-corrected chi connectivity index (χ4v) is 13.9. The number of allylic oxidation sites excluding steroid dienone is 2. The van der Waals surface area contributed by atoms with Crippen LogP contribution in [0.1, 0.15) is 57.6 Å². The SMILES string of the molecule is CC=C1CN2CC[C@]34c5ccccc5N5[C@H]3[C@@H](CO[C@H]5[C@H]3C5N(C(C)=O)c6ccccc6[C@@]56CCN5CC(=CC)[C@@H]3C[C@H]56)[C@H]1C[C@H]24. The molecule has 6 nitrogen and oxygen atoms in total. The molecule has 2 spiro atoms. The van der Waals surface area contributed by atoms with E-state index in [2.05, 4.69) is 94.1 Å². The molecular formula is C40H46N4O2. The molecule has 2 saturated carbocycles. The molecule has 2 aromatic rings. The largest absolute Gasteiger partial charge is 0.358 e. The summed E-state index contributed by atoms with van der Waals surface area (Å²) in [4.78, 5) is 24.7. The number of rotatable bonds is 1. The fraction of sp³-hybridized carbons (Fsp3) is 0.575. The van der Waals surface area contributed by atoms with Gasteiger partial charge in [0.2, 0.25) is 5.91 Å². The van der Waals surface area contributed by atoms with E-state index >= 15 is 0 Å². The number of ether oxygens (including phenoxy) is 1. The molecule has 2 aromatic carbocycles. The normalized spacial score (nSPS) is 46.0. The Hall–Kier alpha value is -2.93. The lowest BCUT2D eigenvalue weighted by molar-refractivity contribution is -0.129. The van der Waals surface area contributed by atoms with Gasteiger partial charge in [-0.25, -0.2) is 0 Å². The number of benzene rings is 2. The van der Waals surface area contributed by atoms with Crippen LogP contribution in [-0.4, -0.2) is 78.9 Å². The predicted molar refractivity (Wildman–Crippen MR) is 180 cm³/mol. The van der Waals surface area contributed by atoms with Gasteiger partial charge in [0, 0.05) is 72.2 Å². The number of fused-ring (bicyclic) bond motifs is 6. The first kappa shape index (κ1) is 27.1. The predicted octanol–water partition coefficient (Wildman–Crippen LogP) is 5.48. The molecule has 7 fully saturated rings. The van der Waals surface area contributed by atoms with Gasteiger partial charge in [-0.1, -0.05) is 59.7 Å². The van der Waals surface area contributed by atoms with E-state index < -0.39 is 0 Å². The van der Waals surface area contributed by atoms with Gasteiger partial charge in [0.15, 0.2) is 0 Å². The van der Waals surface area contributed by atoms with Crippen molar-refractivity contribution < 1.29 is 9.53 Å². The number of carbonyl (C=O) groups excluding carboxylic acids is 1. The zero-order valence-corrected chi connectivity index (χ0v) is 27.4. The maximum atomic E-state index is 14.0. The van der Waals surface area contributed by atoms with Gasteiger partial charge in [0.1, 0.15) is 6.23 Å². The van der Waals surface area contributed by atoms with Gasteiger partial charge in [-0.15, -0.1) is 0 Å². The summed E-state index contributed by atoms with van der Waals surface area (Å²) in [5.41, 5.74) is 8.89. The topological polar surface area (TPSA) is 39.3 Å². The van der Waals surface area contributed by atoms with E-state index in [0.717, 1.165) is 44.8 Å². The van der Waals surface area contributed by atoms with Crippen LogP contribution >= 0.6 is 0 Å². The van der Waals surface area contributed by atoms with E-state index in [1.54, 1.807) is 16.7 Å². The van der Waals surface area contributed by atoms with Crippen molar-refractivity contribution in [2.45, 2.75) is 87.7 Å². The lowest BCUT2D eigenvalue weighted by Crippen LogP contribution is -2.73. The first-order valence-electron chi connectivity index (χ1n) is 18.2. The summed E-state index contributed by atoms with van der Waals surface area (Å²) < 4.78 is 7.49. The maximum absolute atomic E-state index is 14.0. The van der Waals surface area contributed by atoms with Crippen molar-refractivity contribution in [1.29, 1.82) is 0 Å². The molecule has 6 heteroatoms. The third-order valence-corrected chi connectivity index (χ3v) is 15.3. The Labute approximate surface area is 273 Å². The Kier molecular flexibility index (Phi) is 5.26. The van der Waals surface area contributed by atoms with Crippen LogP contribution in [0.3, 0.4) is 0 Å². The van der Waals surface area contributed by atoms with Crippen molar-refractivity contribution in [3.63, 3.8) is 0 Å². The number of nitrogens with zero attached hydrogens (tertiary/aromatic N) is 4. The molecule has 7 heterocycles. The van der Waals surface area contributed by atoms with Crippen molar-refractivity contribution in [2.24, 2.45) is 23.7 Å². The first-order valence-corrected chi connectivity index (χ1v) is 18.2. The Bertz CT molecular complexity index is 1750. The van der Waals surface area contributed by atoms with Gasteiger partial charge < -0.3 is 14.5 Å². The van der Waals surface area contributed by atoms with Gasteiger partial charge in [-0.05, 0) is 87.7 Å². The average molecular weight is 615 g/mol. The van der Waals surface area contributed by atoms with Gasteiger partial charge in [0.05, 0.1) is 12.6 Å². The van der Waals surface area contributed by atoms with Gasteiger partial charge in [-0.2, -0.15) is 0 Å². The number of amides is 1. The molecule has 11 rings (SSSR count). The highest BCUT2D eigenvalue weighted by Crippen LogP contribution is 2.68. The van der Waals surface area contributed by atoms with Crippen LogP contribution in [0.4, 0.5) is 11.4 Å². The smallest absolute Gasteiger partial charge is 0.224 e. The highest BCUT2D eigenvalue weighted by molar-refractivity contribution is 5.96. The van der Waals surface area contributed by atoms with E-state index in [9.17, 15) is 4.79 Å². The van der Waals surface area contributed by atoms with Gasteiger partial charge in [-0.3, -0.25) is 14.6 Å². The number of anilines is 2. The number of para-hydroxylation sites is 2. The van der Waals surface area contributed by atoms with Crippen LogP contribution in [0.15, 0.2) is 71.8 Å². The molecule has 9 aliphatic rings. The highest BCUT2D eigenvalue weighted by Gasteiger charge is 2.73. The molecule has 0 aromatic heterocycles. The van der Waals surface area contributed by atoms with Crippen molar-refractivity contribution in [3.8, 4) is 0 Å². The fourth-order valence-electron chi connectivity index (χ4n) is 13.9. The maximum Gasteiger partial charge on any atom is 0.224 e. The molecule has 4 bridgehead atoms. The molecule has 5 saturated heterocycles. The summed E-state index contributed by atoms with van der Waals surface area (Å²) >= 11 is 0. The first-order chi connectivity index (χ1) is 22.5. The van der Waals surface area contributed by atoms with Crippen LogP contribution < -0.4 is 9.80 Å². The monoisotopic (exact) mass is 614 g/mol. The van der Waals surface area contributed by atoms with E-state index in [1.807, 2.05) is 6.92 Å². The summed E-state index contributed by atoms with van der Waals surface area (Å²) in [6, 6.07) is 20.0. The molecule has 11 atom stereocenters. The minimum Gasteiger partial charge on any atom is -0.358 e. The molecule has 2 aliphatic carbocycles. The van der Waals surface area contributed by atoms with Crippen LogP contribution in [0.5, 0.6) is 0 Å². The summed E-state index contributed by atoms with van der Waals surface area (Å²) in [5, 5.41) is 0. The lowest BCUT2D eigenvalue weighted by atomic mass is 9.53. The van der Waals surface area contributed by atoms with Crippen molar-refractivity contribution in [3.05, 3.63) is 83.0 Å². The molecular weight excluding hydrogens is 568 g/mol. The number of piperidine rings is 2. The molecule has 1 unspecified atom stereocenters. The van der Waals surface area contributed by atoms with E-state index in [1.165, 1.54) is 30.6 Å². The average Bonchev–Trinajstić information content (AvgIpc) is 3.83. The standard InChI is InChI=1S/C40H46N4O2/c1-4-24-20-41-16-14-39-30-11-7-9-13-32(30)44-36(39)28(26(24)18-33(39)41)22-46-38(44)35-27-19-34-40(15-17-42(34)21-25(27)5-2)29-10-6-8-12-31(29)43(23(3)45)37(35)40/h4-13,26-28,33-38H,14-22H2,1-3H3/t26-,27-,28-,33-,34-,35+,36-,37?,38-,39+,40+/m0/s1. The Morgan fingerprint density at radius 2 is 1.39 bits per heavy atom. The second kappa shape index (κ2) is 8.94. The molecule has 0 radical (unpaired) electrons. The summed E-state index contributed by atoms with van der Waals surface area (Å²) in [6.45, 7) is 11.6. The second-order valence-corrected chi connectivity index (χ2v) is 16.2. The minimum absolute atomic E-state index is 0.0504. The number of hydrogen-bond donors (Lipinski definition) is 0. The highest BCUT2D eigenvalue weighted by atomic mass is 16.5. The van der Waals surface area contributed by atoms with Crippen molar-refractivity contribution in [1.82, 2.24) is 9.80 Å². The zero-order chi connectivity index (χ0) is 30.7. The van der Waals surface area contributed by atoms with E-state index in [4.69, 9.17) is 4.74 Å². The summed E-state index contributed by atoms with van der Waals surface area (Å²) in [7, 11) is 0. The van der Waals surface area contributed by atoms with Gasteiger partial charge >= 0.3 is 0 Å². The van der Waals surface area contributed by atoms with E-state index in [0.29, 0.717) is 35.9 Å². The van der Waals surface area contributed by atoms with Gasteiger partial charge in [0.25, 0.3) is 0 Å². The van der Waals surface area contributed by atoms with Crippen LogP contribution in [-0.2, 0) is 20.4 Å². The summed E-state index contributed by atoms with van der Waals surface area (Å²) in [6.07, 6.45) is 9.58. The molecule has 7 aliphatic heterocycles. The molecule has 46 heavy (non-hydrogen) atoms. The number of hydrogen-bond acceptors (Lipinski definition) is 5. The Morgan fingerprint density at radius 1 is 0.804 bits per heavy atom. The van der Waals surface area contributed by atoms with Crippen molar-refractivity contribution >= 4 is 17.3 Å². The van der Waals surface area contributed by atoms with Crippen LogP contribution in [0, 0.1) is 23.7 Å². The van der Waals surface area contributed by atoms with E-state index in [-0.39, 0.29) is 34.9 Å². The Morgan fingerprint density at radius 3 is 2.07 bits per heavy atom. The number of carbonyl (C=O) groups is 1. The summed E-state index contributed by atoms with van der Waals surface area (Å²) in [5.74, 6) is 1.87. The van der Waals surface area contributed by atoms with Crippen molar-refractivity contribution in [2.75, 3.05) is 42.6 Å². The lowest BCUT2D eigenvalue weighted by Gasteiger charge is -2.63. The van der Waals surface area contributed by atoms with Crippen LogP contribution in [0.25, 0.3) is 0 Å². The Balaban J connectivity index is 1.14. The second-order valence-electron chi connectivity index (χ2n) is 16.2.